The fraction of sp³-hybridized carbons (Fsp3) is 0.571. The fourth-order valence-electron chi connectivity index (χ4n) is 2.55. The van der Waals surface area contributed by atoms with Crippen molar-refractivity contribution in [2.75, 3.05) is 19.0 Å². The summed E-state index contributed by atoms with van der Waals surface area (Å²) < 4.78 is 44.2. The Bertz CT molecular complexity index is 775. The van der Waals surface area contributed by atoms with E-state index in [1.54, 1.807) is 0 Å². The SMILES string of the molecule is CC1(C#N)CCCN=S1(=O)CC(N)(CF)c1nc(Br)ccc1F. The van der Waals surface area contributed by atoms with Crippen molar-refractivity contribution in [1.82, 2.24) is 4.98 Å². The number of nitrogens with zero attached hydrogens (tertiary/aromatic N) is 3. The van der Waals surface area contributed by atoms with Crippen molar-refractivity contribution < 1.29 is 13.0 Å². The van der Waals surface area contributed by atoms with Gasteiger partial charge in [0.05, 0.1) is 21.6 Å². The van der Waals surface area contributed by atoms with Crippen molar-refractivity contribution >= 4 is 25.7 Å². The van der Waals surface area contributed by atoms with Gasteiger partial charge in [-0.25, -0.2) is 22.3 Å². The Balaban J connectivity index is 2.54. The highest BCUT2D eigenvalue weighted by molar-refractivity contribution is 9.10. The van der Waals surface area contributed by atoms with E-state index in [4.69, 9.17) is 5.73 Å². The number of aromatic nitrogens is 1. The molecule has 0 saturated carbocycles. The number of halogens is 3. The van der Waals surface area contributed by atoms with Crippen LogP contribution in [-0.4, -0.2) is 32.9 Å². The highest BCUT2D eigenvalue weighted by Crippen LogP contribution is 2.34. The molecule has 0 saturated heterocycles. The van der Waals surface area contributed by atoms with E-state index in [-0.39, 0.29) is 10.3 Å². The summed E-state index contributed by atoms with van der Waals surface area (Å²) in [7, 11) is -3.15. The van der Waals surface area contributed by atoms with Gasteiger partial charge < -0.3 is 5.73 Å². The molecule has 1 aliphatic rings. The summed E-state index contributed by atoms with van der Waals surface area (Å²) in [6, 6.07) is 4.50. The molecule has 0 spiro atoms. The molecule has 23 heavy (non-hydrogen) atoms. The van der Waals surface area contributed by atoms with Crippen LogP contribution in [0.4, 0.5) is 8.78 Å². The lowest BCUT2D eigenvalue weighted by Crippen LogP contribution is -2.52. The highest BCUT2D eigenvalue weighted by Gasteiger charge is 2.46. The molecular weight excluding hydrogens is 390 g/mol. The number of pyridine rings is 1. The second-order valence-corrected chi connectivity index (χ2v) is 9.38. The van der Waals surface area contributed by atoms with Gasteiger partial charge in [0, 0.05) is 6.54 Å². The molecule has 0 bridgehead atoms. The highest BCUT2D eigenvalue weighted by atomic mass is 79.9. The molecule has 0 fully saturated rings. The minimum atomic E-state index is -3.15. The van der Waals surface area contributed by atoms with Crippen LogP contribution in [0.5, 0.6) is 0 Å². The molecule has 0 amide bonds. The number of rotatable bonds is 4. The van der Waals surface area contributed by atoms with E-state index in [1.807, 2.05) is 6.07 Å². The molecule has 9 heteroatoms. The number of hydrogen-bond donors (Lipinski definition) is 1. The van der Waals surface area contributed by atoms with E-state index in [0.717, 1.165) is 6.07 Å². The zero-order valence-corrected chi connectivity index (χ0v) is 15.0. The Morgan fingerprint density at radius 3 is 2.91 bits per heavy atom. The number of hydrogen-bond acceptors (Lipinski definition) is 5. The Morgan fingerprint density at radius 1 is 1.61 bits per heavy atom. The zero-order valence-electron chi connectivity index (χ0n) is 12.6. The standard InChI is InChI=1S/C14H17BrF2N4OS/c1-13(8-18)5-2-6-20-23(13,22)9-14(19,7-16)12-10(17)3-4-11(15)21-12/h3-4H,2,5-7,9,19H2,1H3. The lowest BCUT2D eigenvalue weighted by atomic mass is 10.00. The summed E-state index contributed by atoms with van der Waals surface area (Å²) in [5.41, 5.74) is 3.80. The normalized spacial score (nSPS) is 30.1. The first-order valence-corrected chi connectivity index (χ1v) is 9.46. The van der Waals surface area contributed by atoms with Crippen molar-refractivity contribution in [2.45, 2.75) is 30.1 Å². The van der Waals surface area contributed by atoms with Gasteiger partial charge in [0.2, 0.25) is 0 Å². The Hall–Kier alpha value is -1.11. The smallest absolute Gasteiger partial charge is 0.146 e. The molecule has 1 aromatic heterocycles. The summed E-state index contributed by atoms with van der Waals surface area (Å²) in [4.78, 5) is 3.91. The predicted molar refractivity (Wildman–Crippen MR) is 87.3 cm³/mol. The Labute approximate surface area is 142 Å². The third kappa shape index (κ3) is 3.25. The predicted octanol–water partition coefficient (Wildman–Crippen LogP) is 2.65. The van der Waals surface area contributed by atoms with Crippen LogP contribution < -0.4 is 5.73 Å². The molecule has 1 aliphatic heterocycles. The number of alkyl halides is 1. The van der Waals surface area contributed by atoms with Gasteiger partial charge in [0.15, 0.2) is 0 Å². The van der Waals surface area contributed by atoms with Crippen molar-refractivity contribution in [2.24, 2.45) is 10.1 Å². The molecule has 2 heterocycles. The maximum absolute atomic E-state index is 14.1. The van der Waals surface area contributed by atoms with Crippen LogP contribution in [0.1, 0.15) is 25.5 Å². The quantitative estimate of drug-likeness (QED) is 0.777. The largest absolute Gasteiger partial charge is 0.317 e. The van der Waals surface area contributed by atoms with E-state index in [9.17, 15) is 18.3 Å². The van der Waals surface area contributed by atoms with Gasteiger partial charge >= 0.3 is 0 Å². The van der Waals surface area contributed by atoms with Crippen LogP contribution in [0.2, 0.25) is 0 Å². The second-order valence-electron chi connectivity index (χ2n) is 5.84. The number of nitrogens with two attached hydrogens (primary N) is 1. The minimum absolute atomic E-state index is 0.288. The monoisotopic (exact) mass is 406 g/mol. The summed E-state index contributed by atoms with van der Waals surface area (Å²) in [6.07, 6.45) is 1.00. The fourth-order valence-corrected chi connectivity index (χ4v) is 5.50. The van der Waals surface area contributed by atoms with Gasteiger partial charge in [0.25, 0.3) is 0 Å². The molecule has 1 aromatic rings. The molecular formula is C14H17BrF2N4OS. The maximum Gasteiger partial charge on any atom is 0.146 e. The van der Waals surface area contributed by atoms with Crippen LogP contribution in [0, 0.1) is 17.1 Å². The van der Waals surface area contributed by atoms with Crippen LogP contribution >= 0.6 is 15.9 Å². The Morgan fingerprint density at radius 2 is 2.30 bits per heavy atom. The van der Waals surface area contributed by atoms with E-state index in [1.165, 1.54) is 13.0 Å². The lowest BCUT2D eigenvalue weighted by molar-refractivity contribution is 0.319. The van der Waals surface area contributed by atoms with Gasteiger partial charge in [-0.15, -0.1) is 0 Å². The third-order valence-electron chi connectivity index (χ3n) is 4.03. The molecule has 0 aromatic carbocycles. The van der Waals surface area contributed by atoms with Crippen LogP contribution in [-0.2, 0) is 15.3 Å². The summed E-state index contributed by atoms with van der Waals surface area (Å²) in [5, 5.41) is 9.40. The molecule has 3 unspecified atom stereocenters. The van der Waals surface area contributed by atoms with E-state index in [2.05, 4.69) is 25.3 Å². The van der Waals surface area contributed by atoms with Crippen molar-refractivity contribution in [3.8, 4) is 6.07 Å². The first-order valence-electron chi connectivity index (χ1n) is 6.98. The Kier molecular flexibility index (Phi) is 5.09. The topological polar surface area (TPSA) is 92.1 Å². The van der Waals surface area contributed by atoms with Crippen molar-refractivity contribution in [1.29, 1.82) is 5.26 Å². The van der Waals surface area contributed by atoms with Crippen LogP contribution in [0.3, 0.4) is 0 Å². The first-order chi connectivity index (χ1) is 10.7. The maximum atomic E-state index is 14.1. The molecule has 3 atom stereocenters. The average Bonchev–Trinajstić information content (AvgIpc) is 2.52. The summed E-state index contributed by atoms with van der Waals surface area (Å²) in [5.74, 6) is -1.24. The van der Waals surface area contributed by atoms with Gasteiger partial charge in [-0.2, -0.15) is 5.26 Å². The molecule has 2 rings (SSSR count). The molecule has 5 nitrogen and oxygen atoms in total. The van der Waals surface area contributed by atoms with Crippen molar-refractivity contribution in [3.05, 3.63) is 28.2 Å². The van der Waals surface area contributed by atoms with E-state index < -0.39 is 38.3 Å². The molecule has 0 aliphatic carbocycles. The third-order valence-corrected chi connectivity index (χ3v) is 7.68. The first kappa shape index (κ1) is 18.2. The summed E-state index contributed by atoms with van der Waals surface area (Å²) >= 11 is 3.09. The van der Waals surface area contributed by atoms with E-state index in [0.29, 0.717) is 19.4 Å². The van der Waals surface area contributed by atoms with Crippen molar-refractivity contribution in [3.63, 3.8) is 0 Å². The van der Waals surface area contributed by atoms with Crippen LogP contribution in [0.15, 0.2) is 21.1 Å². The van der Waals surface area contributed by atoms with Gasteiger partial charge in [-0.05, 0) is 47.8 Å². The van der Waals surface area contributed by atoms with Gasteiger partial charge in [-0.1, -0.05) is 0 Å². The number of nitriles is 1. The molecule has 2 N–H and O–H groups in total. The molecule has 126 valence electrons. The summed E-state index contributed by atoms with van der Waals surface area (Å²) in [6.45, 7) is 0.676. The minimum Gasteiger partial charge on any atom is -0.317 e. The lowest BCUT2D eigenvalue weighted by Gasteiger charge is -2.35. The average molecular weight is 407 g/mol. The van der Waals surface area contributed by atoms with Gasteiger partial charge in [0.1, 0.15) is 33.1 Å². The van der Waals surface area contributed by atoms with E-state index >= 15 is 0 Å². The second kappa shape index (κ2) is 6.42. The molecule has 0 radical (unpaired) electrons. The van der Waals surface area contributed by atoms with Crippen LogP contribution in [0.25, 0.3) is 0 Å². The zero-order chi connectivity index (χ0) is 17.3. The van der Waals surface area contributed by atoms with Gasteiger partial charge in [-0.3, -0.25) is 0 Å².